The summed E-state index contributed by atoms with van der Waals surface area (Å²) < 4.78 is 8.57. The van der Waals surface area contributed by atoms with Gasteiger partial charge in [-0.2, -0.15) is 0 Å². The summed E-state index contributed by atoms with van der Waals surface area (Å²) >= 11 is 4.97. The Balaban J connectivity index is 1.56. The molecule has 0 bridgehead atoms. The first kappa shape index (κ1) is 21.0. The Bertz CT molecular complexity index is 1420. The first-order valence-electron chi connectivity index (χ1n) is 10.2. The molecule has 0 aliphatic heterocycles. The lowest BCUT2D eigenvalue weighted by Gasteiger charge is -2.09. The molecule has 0 aliphatic carbocycles. The van der Waals surface area contributed by atoms with E-state index in [2.05, 4.69) is 31.2 Å². The van der Waals surface area contributed by atoms with E-state index >= 15 is 0 Å². The van der Waals surface area contributed by atoms with Crippen molar-refractivity contribution in [1.82, 2.24) is 4.57 Å². The van der Waals surface area contributed by atoms with Crippen LogP contribution in [0.3, 0.4) is 0 Å². The molecule has 0 aliphatic rings. The Morgan fingerprint density at radius 2 is 1.62 bits per heavy atom. The number of fused-ring (bicyclic) bond motifs is 1. The minimum Gasteiger partial charge on any atom is -0.491 e. The molecule has 1 aromatic carbocycles. The van der Waals surface area contributed by atoms with E-state index in [-0.39, 0.29) is 11.8 Å². The average Bonchev–Trinajstić information content (AvgIpc) is 3.50. The van der Waals surface area contributed by atoms with Gasteiger partial charge in [0.25, 0.3) is 0 Å². The number of aromatic carboxylic acids is 1. The molecule has 0 amide bonds. The summed E-state index contributed by atoms with van der Waals surface area (Å²) in [6.45, 7) is 6.11. The third-order valence-electron chi connectivity index (χ3n) is 5.01. The normalized spacial score (nSPS) is 11.5. The summed E-state index contributed by atoms with van der Waals surface area (Å²) in [4.78, 5) is 16.7. The summed E-state index contributed by atoms with van der Waals surface area (Å²) in [5.41, 5.74) is 2.29. The van der Waals surface area contributed by atoms with Crippen LogP contribution in [-0.2, 0) is 0 Å². The summed E-state index contributed by atoms with van der Waals surface area (Å²) in [6.07, 6.45) is 0.133. The molecule has 32 heavy (non-hydrogen) atoms. The second-order valence-corrected chi connectivity index (χ2v) is 11.2. The lowest BCUT2D eigenvalue weighted by molar-refractivity contribution is 0.0689. The zero-order chi connectivity index (χ0) is 22.4. The Hall–Kier alpha value is -2.87. The number of aromatic nitrogens is 1. The minimum atomic E-state index is -0.924. The van der Waals surface area contributed by atoms with Gasteiger partial charge in [0.2, 0.25) is 0 Å². The van der Waals surface area contributed by atoms with Crippen molar-refractivity contribution in [2.45, 2.75) is 26.9 Å². The van der Waals surface area contributed by atoms with E-state index in [1.54, 1.807) is 40.1 Å². The number of aryl methyl sites for hydroxylation is 1. The number of carboxylic acid groups (broad SMARTS) is 1. The lowest BCUT2D eigenvalue weighted by atomic mass is 10.2. The molecule has 162 valence electrons. The fraction of sp³-hybridized carbons (Fsp3) is 0.160. The third-order valence-corrected chi connectivity index (χ3v) is 8.40. The molecule has 4 heterocycles. The third kappa shape index (κ3) is 3.88. The van der Waals surface area contributed by atoms with Crippen molar-refractivity contribution in [2.24, 2.45) is 0 Å². The van der Waals surface area contributed by atoms with Crippen molar-refractivity contribution in [2.75, 3.05) is 0 Å². The average molecular weight is 480 g/mol. The fourth-order valence-corrected chi connectivity index (χ4v) is 6.72. The van der Waals surface area contributed by atoms with Crippen molar-refractivity contribution in [3.05, 3.63) is 71.2 Å². The van der Waals surface area contributed by atoms with Gasteiger partial charge in [0.05, 0.1) is 16.3 Å². The smallest absolute Gasteiger partial charge is 0.352 e. The van der Waals surface area contributed by atoms with E-state index in [1.807, 2.05) is 48.7 Å². The number of carbonyl (C=O) groups is 1. The van der Waals surface area contributed by atoms with Crippen LogP contribution in [-0.4, -0.2) is 21.7 Å². The van der Waals surface area contributed by atoms with E-state index < -0.39 is 5.97 Å². The van der Waals surface area contributed by atoms with E-state index in [0.29, 0.717) is 0 Å². The van der Waals surface area contributed by atoms with Crippen LogP contribution in [0.15, 0.2) is 60.7 Å². The van der Waals surface area contributed by atoms with Gasteiger partial charge in [0, 0.05) is 19.5 Å². The quantitative estimate of drug-likeness (QED) is 0.269. The van der Waals surface area contributed by atoms with E-state index in [4.69, 9.17) is 4.74 Å². The summed E-state index contributed by atoms with van der Waals surface area (Å²) in [5.74, 6) is -0.0792. The molecule has 0 saturated heterocycles. The van der Waals surface area contributed by atoms with Gasteiger partial charge in [-0.25, -0.2) is 4.79 Å². The maximum Gasteiger partial charge on any atom is 0.352 e. The predicted molar refractivity (Wildman–Crippen MR) is 135 cm³/mol. The molecular formula is C25H21NO3S3. The van der Waals surface area contributed by atoms with Gasteiger partial charge in [-0.3, -0.25) is 4.57 Å². The van der Waals surface area contributed by atoms with Gasteiger partial charge in [0.1, 0.15) is 16.4 Å². The molecule has 0 radical (unpaired) electrons. The highest BCUT2D eigenvalue weighted by Crippen LogP contribution is 2.41. The number of nitrogens with zero attached hydrogens (tertiary/aromatic N) is 1. The second kappa shape index (κ2) is 8.24. The van der Waals surface area contributed by atoms with Crippen molar-refractivity contribution in [1.29, 1.82) is 0 Å². The molecule has 0 fully saturated rings. The zero-order valence-electron chi connectivity index (χ0n) is 17.8. The molecule has 5 aromatic rings. The molecule has 0 spiro atoms. The Morgan fingerprint density at radius 1 is 0.906 bits per heavy atom. The van der Waals surface area contributed by atoms with Crippen LogP contribution in [0, 0.1) is 6.92 Å². The van der Waals surface area contributed by atoms with Crippen LogP contribution in [0.4, 0.5) is 0 Å². The molecule has 0 unspecified atom stereocenters. The maximum atomic E-state index is 12.0. The van der Waals surface area contributed by atoms with E-state index in [9.17, 15) is 9.90 Å². The van der Waals surface area contributed by atoms with Gasteiger partial charge in [0.15, 0.2) is 0 Å². The first-order chi connectivity index (χ1) is 15.4. The molecule has 7 heteroatoms. The van der Waals surface area contributed by atoms with Gasteiger partial charge >= 0.3 is 5.97 Å². The highest BCUT2D eigenvalue weighted by atomic mass is 32.1. The molecule has 0 atom stereocenters. The highest BCUT2D eigenvalue weighted by Gasteiger charge is 2.20. The first-order valence-corrected chi connectivity index (χ1v) is 12.7. The summed E-state index contributed by atoms with van der Waals surface area (Å²) in [7, 11) is 0. The van der Waals surface area contributed by atoms with Crippen LogP contribution in [0.1, 0.15) is 29.2 Å². The summed E-state index contributed by atoms with van der Waals surface area (Å²) in [5, 5.41) is 10.7. The largest absolute Gasteiger partial charge is 0.491 e. The van der Waals surface area contributed by atoms with Crippen LogP contribution in [0.2, 0.25) is 0 Å². The lowest BCUT2D eigenvalue weighted by Crippen LogP contribution is -2.05. The van der Waals surface area contributed by atoms with Gasteiger partial charge in [-0.05, 0) is 87.0 Å². The number of carboxylic acids is 1. The Kier molecular flexibility index (Phi) is 5.41. The fourth-order valence-electron chi connectivity index (χ4n) is 3.65. The topological polar surface area (TPSA) is 51.5 Å². The van der Waals surface area contributed by atoms with Crippen molar-refractivity contribution in [3.8, 4) is 30.9 Å². The molecular weight excluding hydrogens is 458 g/mol. The van der Waals surface area contributed by atoms with Crippen molar-refractivity contribution >= 4 is 50.2 Å². The monoisotopic (exact) mass is 479 g/mol. The molecule has 1 N–H and O–H groups in total. The van der Waals surface area contributed by atoms with E-state index in [0.717, 1.165) is 36.3 Å². The number of ether oxygens (including phenoxy) is 1. The molecule has 4 aromatic heterocycles. The number of rotatable bonds is 6. The number of hydrogen-bond donors (Lipinski definition) is 1. The SMILES string of the molecule is Cc1ccc(-c2ccc(-n3c(C(=O)O)cc4sc(-c5ccc(OC(C)C)cc5)cc43)s2)s1. The standard InChI is InChI=1S/C25H21NO3S3/c1-14(2)29-17-7-5-16(6-8-17)22-12-18-23(31-22)13-19(25(27)28)26(18)24-11-10-21(32-24)20-9-4-15(3)30-20/h4-14H,1-3H3,(H,27,28). The zero-order valence-corrected chi connectivity index (χ0v) is 20.2. The second-order valence-electron chi connectivity index (χ2n) is 7.77. The predicted octanol–water partition coefficient (Wildman–Crippen LogP) is 7.94. The van der Waals surface area contributed by atoms with Crippen LogP contribution in [0.5, 0.6) is 5.75 Å². The number of thiophene rings is 3. The van der Waals surface area contributed by atoms with Crippen molar-refractivity contribution < 1.29 is 14.6 Å². The van der Waals surface area contributed by atoms with Gasteiger partial charge in [-0.15, -0.1) is 34.0 Å². The van der Waals surface area contributed by atoms with Crippen LogP contribution in [0.25, 0.3) is 35.4 Å². The number of benzene rings is 1. The Labute approximate surface area is 198 Å². The minimum absolute atomic E-state index is 0.133. The Morgan fingerprint density at radius 3 is 2.28 bits per heavy atom. The maximum absolute atomic E-state index is 12.0. The van der Waals surface area contributed by atoms with Crippen LogP contribution >= 0.6 is 34.0 Å². The molecule has 0 saturated carbocycles. The highest BCUT2D eigenvalue weighted by molar-refractivity contribution is 7.23. The molecule has 5 rings (SSSR count). The van der Waals surface area contributed by atoms with Crippen molar-refractivity contribution in [3.63, 3.8) is 0 Å². The van der Waals surface area contributed by atoms with Gasteiger partial charge < -0.3 is 9.84 Å². The van der Waals surface area contributed by atoms with E-state index in [1.165, 1.54) is 9.75 Å². The summed E-state index contributed by atoms with van der Waals surface area (Å²) in [6, 6.07) is 20.2. The van der Waals surface area contributed by atoms with Gasteiger partial charge in [-0.1, -0.05) is 0 Å². The molecule has 4 nitrogen and oxygen atoms in total. The number of hydrogen-bond acceptors (Lipinski definition) is 5. The van der Waals surface area contributed by atoms with Crippen LogP contribution < -0.4 is 4.74 Å².